The Bertz CT molecular complexity index is 563. The molecule has 0 spiro atoms. The highest BCUT2D eigenvalue weighted by atomic mass is 32.2. The summed E-state index contributed by atoms with van der Waals surface area (Å²) in [6.45, 7) is 0. The van der Waals surface area contributed by atoms with Crippen molar-refractivity contribution in [1.29, 1.82) is 0 Å². The van der Waals surface area contributed by atoms with Crippen molar-refractivity contribution in [3.63, 3.8) is 0 Å². The van der Waals surface area contributed by atoms with Crippen molar-refractivity contribution in [2.24, 2.45) is 0 Å². The number of benzene rings is 1. The van der Waals surface area contributed by atoms with Crippen LogP contribution in [0.2, 0.25) is 0 Å². The normalized spacial score (nSPS) is 14.2. The molecule has 0 fully saturated rings. The first-order valence-electron chi connectivity index (χ1n) is 4.71. The largest absolute Gasteiger partial charge is 0.248 e. The summed E-state index contributed by atoms with van der Waals surface area (Å²) in [5, 5.41) is 2.58. The smallest absolute Gasteiger partial charge is 0.138 e. The Morgan fingerprint density at radius 2 is 2.13 bits per heavy atom. The third-order valence-electron chi connectivity index (χ3n) is 2.51. The molecule has 1 aromatic carbocycles. The molecule has 3 rings (SSSR count). The zero-order valence-corrected chi connectivity index (χ0v) is 8.72. The Labute approximate surface area is 91.0 Å². The number of para-hydroxylation sites is 1. The molecule has 0 aliphatic carbocycles. The molecular formula is C12H8FNS. The Balaban J connectivity index is 2.42. The highest BCUT2D eigenvalue weighted by Gasteiger charge is 2.14. The van der Waals surface area contributed by atoms with Gasteiger partial charge in [0.05, 0.1) is 11.2 Å². The number of hydrogen-bond acceptors (Lipinski definition) is 2. The summed E-state index contributed by atoms with van der Waals surface area (Å²) in [7, 11) is 0. The molecule has 0 N–H and O–H groups in total. The average molecular weight is 217 g/mol. The van der Waals surface area contributed by atoms with Gasteiger partial charge in [-0.15, -0.1) is 11.8 Å². The lowest BCUT2D eigenvalue weighted by molar-refractivity contribution is 0.627. The van der Waals surface area contributed by atoms with Crippen LogP contribution in [0.4, 0.5) is 4.39 Å². The number of halogens is 1. The van der Waals surface area contributed by atoms with Gasteiger partial charge in [-0.25, -0.2) is 9.37 Å². The van der Waals surface area contributed by atoms with E-state index in [1.165, 1.54) is 0 Å². The van der Waals surface area contributed by atoms with Crippen LogP contribution in [0.25, 0.3) is 17.0 Å². The quantitative estimate of drug-likeness (QED) is 0.668. The van der Waals surface area contributed by atoms with Crippen LogP contribution in [0.3, 0.4) is 0 Å². The van der Waals surface area contributed by atoms with Crippen molar-refractivity contribution in [2.45, 2.75) is 5.75 Å². The first-order chi connectivity index (χ1) is 7.36. The molecule has 2 aromatic rings. The van der Waals surface area contributed by atoms with E-state index in [0.717, 1.165) is 16.8 Å². The van der Waals surface area contributed by atoms with Crippen molar-refractivity contribution in [3.8, 4) is 0 Å². The third-order valence-corrected chi connectivity index (χ3v) is 3.29. The van der Waals surface area contributed by atoms with E-state index >= 15 is 0 Å². The van der Waals surface area contributed by atoms with Gasteiger partial charge in [-0.05, 0) is 23.6 Å². The summed E-state index contributed by atoms with van der Waals surface area (Å²) in [4.78, 5) is 4.44. The topological polar surface area (TPSA) is 12.9 Å². The molecule has 1 aliphatic rings. The molecule has 2 heterocycles. The zero-order valence-electron chi connectivity index (χ0n) is 7.90. The standard InChI is InChI=1S/C12H8FNS/c13-12-8-3-1-2-4-10(8)14-11-5-6-15-7-9(11)12/h1-6H,7H2. The summed E-state index contributed by atoms with van der Waals surface area (Å²) in [6, 6.07) is 7.34. The molecule has 0 saturated carbocycles. The van der Waals surface area contributed by atoms with Gasteiger partial charge in [-0.1, -0.05) is 12.1 Å². The van der Waals surface area contributed by atoms with Gasteiger partial charge in [-0.2, -0.15) is 0 Å². The molecule has 1 aromatic heterocycles. The lowest BCUT2D eigenvalue weighted by atomic mass is 10.1. The molecule has 1 aliphatic heterocycles. The summed E-state index contributed by atoms with van der Waals surface area (Å²) < 4.78 is 14.1. The Kier molecular flexibility index (Phi) is 1.99. The molecule has 0 amide bonds. The van der Waals surface area contributed by atoms with Gasteiger partial charge in [0.15, 0.2) is 0 Å². The second kappa shape index (κ2) is 3.35. The fourth-order valence-corrected chi connectivity index (χ4v) is 2.51. The fourth-order valence-electron chi connectivity index (χ4n) is 1.75. The van der Waals surface area contributed by atoms with Crippen molar-refractivity contribution in [2.75, 3.05) is 0 Å². The highest BCUT2D eigenvalue weighted by Crippen LogP contribution is 2.30. The second-order valence-electron chi connectivity index (χ2n) is 3.42. The summed E-state index contributed by atoms with van der Waals surface area (Å²) in [5.41, 5.74) is 2.22. The third kappa shape index (κ3) is 1.35. The molecule has 0 bridgehead atoms. The molecule has 1 nitrogen and oxygen atoms in total. The zero-order chi connectivity index (χ0) is 10.3. The molecule has 0 saturated heterocycles. The van der Waals surface area contributed by atoms with E-state index in [-0.39, 0.29) is 5.82 Å². The summed E-state index contributed by atoms with van der Waals surface area (Å²) in [5.74, 6) is 0.558. The maximum absolute atomic E-state index is 14.1. The van der Waals surface area contributed by atoms with Crippen molar-refractivity contribution in [3.05, 3.63) is 46.7 Å². The van der Waals surface area contributed by atoms with Gasteiger partial charge in [0, 0.05) is 16.7 Å². The van der Waals surface area contributed by atoms with Gasteiger partial charge in [-0.3, -0.25) is 0 Å². The van der Waals surface area contributed by atoms with Crippen LogP contribution < -0.4 is 0 Å². The maximum atomic E-state index is 14.1. The molecular weight excluding hydrogens is 209 g/mol. The number of rotatable bonds is 0. The number of fused-ring (bicyclic) bond motifs is 2. The second-order valence-corrected chi connectivity index (χ2v) is 4.31. The van der Waals surface area contributed by atoms with Gasteiger partial charge in [0.25, 0.3) is 0 Å². The van der Waals surface area contributed by atoms with Crippen LogP contribution >= 0.6 is 11.8 Å². The Morgan fingerprint density at radius 1 is 1.27 bits per heavy atom. The van der Waals surface area contributed by atoms with Crippen molar-refractivity contribution < 1.29 is 4.39 Å². The molecule has 0 atom stereocenters. The van der Waals surface area contributed by atoms with E-state index < -0.39 is 0 Å². The Morgan fingerprint density at radius 3 is 3.07 bits per heavy atom. The van der Waals surface area contributed by atoms with E-state index in [4.69, 9.17) is 0 Å². The number of aromatic nitrogens is 1. The van der Waals surface area contributed by atoms with Gasteiger partial charge >= 0.3 is 0 Å². The number of nitrogens with zero attached hydrogens (tertiary/aromatic N) is 1. The molecule has 0 unspecified atom stereocenters. The molecule has 15 heavy (non-hydrogen) atoms. The first kappa shape index (κ1) is 8.92. The van der Waals surface area contributed by atoms with Gasteiger partial charge < -0.3 is 0 Å². The van der Waals surface area contributed by atoms with Crippen LogP contribution in [0.1, 0.15) is 11.3 Å². The van der Waals surface area contributed by atoms with E-state index in [9.17, 15) is 4.39 Å². The summed E-state index contributed by atoms with van der Waals surface area (Å²) in [6.07, 6.45) is 1.87. The van der Waals surface area contributed by atoms with Crippen molar-refractivity contribution >= 4 is 28.7 Å². The average Bonchev–Trinajstić information content (AvgIpc) is 2.30. The van der Waals surface area contributed by atoms with Crippen LogP contribution in [0, 0.1) is 5.82 Å². The first-order valence-corrected chi connectivity index (χ1v) is 5.76. The number of pyridine rings is 1. The summed E-state index contributed by atoms with van der Waals surface area (Å²) >= 11 is 1.60. The van der Waals surface area contributed by atoms with E-state index in [0.29, 0.717) is 11.1 Å². The van der Waals surface area contributed by atoms with Crippen LogP contribution in [-0.4, -0.2) is 4.98 Å². The van der Waals surface area contributed by atoms with E-state index in [1.54, 1.807) is 17.8 Å². The minimum atomic E-state index is -0.118. The van der Waals surface area contributed by atoms with E-state index in [1.807, 2.05) is 29.7 Å². The van der Waals surface area contributed by atoms with Crippen LogP contribution in [0.5, 0.6) is 0 Å². The fraction of sp³-hybridized carbons (Fsp3) is 0.0833. The monoisotopic (exact) mass is 217 g/mol. The minimum absolute atomic E-state index is 0.118. The van der Waals surface area contributed by atoms with Gasteiger partial charge in [0.2, 0.25) is 0 Å². The predicted molar refractivity (Wildman–Crippen MR) is 62.0 cm³/mol. The van der Waals surface area contributed by atoms with Gasteiger partial charge in [0.1, 0.15) is 5.82 Å². The SMILES string of the molecule is Fc1c2c(nc3ccccc13)C=CSC2. The molecule has 74 valence electrons. The van der Waals surface area contributed by atoms with E-state index in [2.05, 4.69) is 4.98 Å². The number of thioether (sulfide) groups is 1. The Hall–Kier alpha value is -1.35. The van der Waals surface area contributed by atoms with Crippen LogP contribution in [0.15, 0.2) is 29.7 Å². The molecule has 3 heteroatoms. The highest BCUT2D eigenvalue weighted by molar-refractivity contribution is 8.01. The van der Waals surface area contributed by atoms with Crippen molar-refractivity contribution in [1.82, 2.24) is 4.98 Å². The lowest BCUT2D eigenvalue weighted by Gasteiger charge is -2.11. The maximum Gasteiger partial charge on any atom is 0.138 e. The predicted octanol–water partition coefficient (Wildman–Crippen LogP) is 3.59. The van der Waals surface area contributed by atoms with Crippen LogP contribution in [-0.2, 0) is 5.75 Å². The number of hydrogen-bond donors (Lipinski definition) is 0. The lowest BCUT2D eigenvalue weighted by Crippen LogP contribution is -1.99. The minimum Gasteiger partial charge on any atom is -0.248 e. The molecule has 0 radical (unpaired) electrons.